The Morgan fingerprint density at radius 3 is 2.35 bits per heavy atom. The van der Waals surface area contributed by atoms with E-state index in [0.29, 0.717) is 5.57 Å². The number of rotatable bonds is 4. The smallest absolute Gasteiger partial charge is 0.216 e. The van der Waals surface area contributed by atoms with Gasteiger partial charge in [0.25, 0.3) is 0 Å². The molecular weight excluding hydrogens is 454 g/mol. The van der Waals surface area contributed by atoms with Gasteiger partial charge in [-0.15, -0.1) is 0 Å². The predicted octanol–water partition coefficient (Wildman–Crippen LogP) is 3.55. The van der Waals surface area contributed by atoms with Crippen LogP contribution in [0.3, 0.4) is 0 Å². The van der Waals surface area contributed by atoms with Gasteiger partial charge in [0.15, 0.2) is 12.4 Å². The monoisotopic (exact) mass is 474 g/mol. The molecule has 3 atom stereocenters. The second kappa shape index (κ2) is 8.13. The van der Waals surface area contributed by atoms with E-state index in [1.165, 1.54) is 0 Å². The number of nitrogens with one attached hydrogen (secondary N) is 2. The zero-order chi connectivity index (χ0) is 22.2. The van der Waals surface area contributed by atoms with Crippen molar-refractivity contribution in [3.05, 3.63) is 81.2 Å². The molecule has 2 aromatic rings. The third-order valence-corrected chi connectivity index (χ3v) is 6.58. The van der Waals surface area contributed by atoms with Crippen molar-refractivity contribution >= 4 is 21.8 Å². The van der Waals surface area contributed by atoms with Crippen LogP contribution in [-0.2, 0) is 0 Å². The molecule has 4 rings (SSSR count). The summed E-state index contributed by atoms with van der Waals surface area (Å²) < 4.78 is 2.85. The molecule has 7 heteroatoms. The van der Waals surface area contributed by atoms with Gasteiger partial charge in [0.1, 0.15) is 11.6 Å². The van der Waals surface area contributed by atoms with Crippen LogP contribution in [0, 0.1) is 40.9 Å². The first-order valence-corrected chi connectivity index (χ1v) is 10.8. The number of nitriles is 2. The summed E-state index contributed by atoms with van der Waals surface area (Å²) in [5.41, 5.74) is 0.939. The SMILES string of the molecule is Cc1cc[n+]([C@@H]2[C@H](c3ccc(Br)cc3)C(C#N)=C(C(=C=N)C#N)N[C@@]2(O)C2CC2)cc1. The van der Waals surface area contributed by atoms with Crippen molar-refractivity contribution < 1.29 is 9.67 Å². The van der Waals surface area contributed by atoms with Gasteiger partial charge in [0.2, 0.25) is 11.8 Å². The normalized spacial score (nSPS) is 25.1. The summed E-state index contributed by atoms with van der Waals surface area (Å²) in [6.07, 6.45) is 5.51. The van der Waals surface area contributed by atoms with Gasteiger partial charge in [-0.25, -0.2) is 0 Å². The fraction of sp³-hybridized carbons (Fsp3) is 0.292. The number of hydrogen-bond acceptors (Lipinski definition) is 5. The first-order valence-electron chi connectivity index (χ1n) is 10.0. The molecule has 2 heterocycles. The fourth-order valence-corrected chi connectivity index (χ4v) is 4.63. The van der Waals surface area contributed by atoms with E-state index in [-0.39, 0.29) is 17.2 Å². The maximum atomic E-state index is 12.0. The van der Waals surface area contributed by atoms with Gasteiger partial charge in [-0.05, 0) is 48.9 Å². The number of hydrogen-bond donors (Lipinski definition) is 3. The standard InChI is InChI=1S/C24H21BrN5O/c1-15-8-10-30(11-9-15)23-21(16-2-6-19(25)7-3-16)20(14-28)22(17(12-26)13-27)29-24(23,31)18-4-5-18/h2-3,6-11,18,21,23,26,29,31H,4-5H2,1H3/q+1/t21-,23-,24-/m1/s1. The molecule has 1 saturated carbocycles. The Bertz CT molecular complexity index is 1180. The predicted molar refractivity (Wildman–Crippen MR) is 118 cm³/mol. The van der Waals surface area contributed by atoms with Crippen LogP contribution < -0.4 is 9.88 Å². The van der Waals surface area contributed by atoms with E-state index in [2.05, 4.69) is 33.2 Å². The molecule has 0 bridgehead atoms. The number of nitrogens with zero attached hydrogens (tertiary/aromatic N) is 3. The summed E-state index contributed by atoms with van der Waals surface area (Å²) in [6, 6.07) is 15.3. The van der Waals surface area contributed by atoms with Gasteiger partial charge in [-0.3, -0.25) is 5.41 Å². The quantitative estimate of drug-likeness (QED) is 0.357. The molecule has 3 N–H and O–H groups in total. The van der Waals surface area contributed by atoms with Crippen molar-refractivity contribution in [2.75, 3.05) is 0 Å². The van der Waals surface area contributed by atoms with E-state index < -0.39 is 17.7 Å². The summed E-state index contributed by atoms with van der Waals surface area (Å²) in [7, 11) is 0. The molecule has 0 spiro atoms. The lowest BCUT2D eigenvalue weighted by Gasteiger charge is -2.43. The highest BCUT2D eigenvalue weighted by molar-refractivity contribution is 9.10. The zero-order valence-corrected chi connectivity index (χ0v) is 18.5. The molecule has 1 aliphatic heterocycles. The minimum atomic E-state index is -1.40. The largest absolute Gasteiger partial charge is 0.365 e. The molecule has 6 nitrogen and oxygen atoms in total. The second-order valence-electron chi connectivity index (χ2n) is 8.03. The minimum Gasteiger partial charge on any atom is -0.365 e. The summed E-state index contributed by atoms with van der Waals surface area (Å²) in [5, 5.41) is 42.4. The molecule has 1 fully saturated rings. The van der Waals surface area contributed by atoms with Crippen LogP contribution in [0.2, 0.25) is 0 Å². The van der Waals surface area contributed by atoms with Crippen LogP contribution in [-0.4, -0.2) is 16.7 Å². The van der Waals surface area contributed by atoms with Crippen molar-refractivity contribution in [1.29, 1.82) is 15.9 Å². The van der Waals surface area contributed by atoms with E-state index in [1.54, 1.807) is 0 Å². The van der Waals surface area contributed by atoms with Crippen LogP contribution in [0.4, 0.5) is 0 Å². The van der Waals surface area contributed by atoms with Crippen LogP contribution in [0.1, 0.15) is 35.9 Å². The lowest BCUT2D eigenvalue weighted by molar-refractivity contribution is -0.742. The first-order chi connectivity index (χ1) is 14.9. The molecule has 0 radical (unpaired) electrons. The maximum Gasteiger partial charge on any atom is 0.216 e. The Kier molecular flexibility index (Phi) is 5.52. The van der Waals surface area contributed by atoms with Crippen molar-refractivity contribution in [3.63, 3.8) is 0 Å². The minimum absolute atomic E-state index is 0.0369. The molecule has 0 unspecified atom stereocenters. The topological polar surface area (TPSA) is 108 Å². The van der Waals surface area contributed by atoms with Crippen LogP contribution in [0.25, 0.3) is 0 Å². The first kappa shape index (κ1) is 21.0. The Morgan fingerprint density at radius 2 is 1.84 bits per heavy atom. The average Bonchev–Trinajstić information content (AvgIpc) is 3.62. The fourth-order valence-electron chi connectivity index (χ4n) is 4.36. The molecule has 1 aromatic heterocycles. The lowest BCUT2D eigenvalue weighted by atomic mass is 9.74. The Hall–Kier alpha value is -3.22. The maximum absolute atomic E-state index is 12.0. The third-order valence-electron chi connectivity index (χ3n) is 6.05. The van der Waals surface area contributed by atoms with Crippen molar-refractivity contribution in [2.45, 2.75) is 37.5 Å². The summed E-state index contributed by atoms with van der Waals surface area (Å²) in [4.78, 5) is 0. The summed E-state index contributed by atoms with van der Waals surface area (Å²) >= 11 is 3.46. The van der Waals surface area contributed by atoms with Crippen LogP contribution >= 0.6 is 15.9 Å². The molecule has 154 valence electrons. The van der Waals surface area contributed by atoms with Gasteiger partial charge in [-0.2, -0.15) is 15.1 Å². The highest BCUT2D eigenvalue weighted by atomic mass is 79.9. The highest BCUT2D eigenvalue weighted by Gasteiger charge is 2.61. The lowest BCUT2D eigenvalue weighted by Crippen LogP contribution is -2.66. The molecule has 31 heavy (non-hydrogen) atoms. The molecule has 1 aliphatic carbocycles. The molecule has 1 aromatic carbocycles. The van der Waals surface area contributed by atoms with Crippen molar-refractivity contribution in [3.8, 4) is 12.1 Å². The second-order valence-corrected chi connectivity index (χ2v) is 8.95. The molecule has 0 amide bonds. The molecular formula is C24H21BrN5O+. The number of allylic oxidation sites excluding steroid dienone is 2. The zero-order valence-electron chi connectivity index (χ0n) is 16.9. The summed E-state index contributed by atoms with van der Waals surface area (Å²) in [6.45, 7) is 2.00. The van der Waals surface area contributed by atoms with Gasteiger partial charge < -0.3 is 10.4 Å². The number of aryl methyl sites for hydroxylation is 1. The van der Waals surface area contributed by atoms with E-state index in [9.17, 15) is 15.6 Å². The number of pyridine rings is 1. The number of aromatic nitrogens is 1. The van der Waals surface area contributed by atoms with E-state index in [0.717, 1.165) is 28.4 Å². The third kappa shape index (κ3) is 3.69. The van der Waals surface area contributed by atoms with Crippen molar-refractivity contribution in [2.24, 2.45) is 5.92 Å². The van der Waals surface area contributed by atoms with Gasteiger partial charge in [0, 0.05) is 22.5 Å². The Balaban J connectivity index is 2.03. The van der Waals surface area contributed by atoms with E-state index >= 15 is 0 Å². The van der Waals surface area contributed by atoms with Crippen LogP contribution in [0.5, 0.6) is 0 Å². The van der Waals surface area contributed by atoms with Gasteiger partial charge >= 0.3 is 0 Å². The van der Waals surface area contributed by atoms with Gasteiger partial charge in [-0.1, -0.05) is 28.1 Å². The number of halogens is 1. The summed E-state index contributed by atoms with van der Waals surface area (Å²) in [5.74, 6) is 1.57. The number of benzene rings is 1. The molecule has 0 saturated heterocycles. The number of aliphatic hydroxyl groups is 1. The Morgan fingerprint density at radius 1 is 1.19 bits per heavy atom. The average molecular weight is 475 g/mol. The van der Waals surface area contributed by atoms with E-state index in [1.807, 2.05) is 66.4 Å². The van der Waals surface area contributed by atoms with Gasteiger partial charge in [0.05, 0.1) is 23.3 Å². The van der Waals surface area contributed by atoms with E-state index in [4.69, 9.17) is 5.41 Å². The highest BCUT2D eigenvalue weighted by Crippen LogP contribution is 2.52. The molecule has 2 aliphatic rings. The Labute approximate surface area is 189 Å². The van der Waals surface area contributed by atoms with Crippen LogP contribution in [0.15, 0.2) is 70.1 Å². The van der Waals surface area contributed by atoms with Crippen molar-refractivity contribution in [1.82, 2.24) is 5.32 Å².